The van der Waals surface area contributed by atoms with Gasteiger partial charge in [-0.1, -0.05) is 29.6 Å². The largest absolute Gasteiger partial charge is 0.397 e. The molecule has 2 heterocycles. The standard InChI is InChI=1S/C22H22F3N5O4S3/c1-12-26-18(28-13-8-10-21(2,11-9-13)22(23,24)25)17-19(27-12)35-20(30-17)29-16-14(36(3,31)32)6-5-7-15(16)37(4,33)34/h5-10H,11H2,1-4H3,(H,29,30)(H,26,27,28). The number of anilines is 3. The summed E-state index contributed by atoms with van der Waals surface area (Å²) in [5, 5.41) is 5.95. The zero-order valence-electron chi connectivity index (χ0n) is 20.0. The van der Waals surface area contributed by atoms with Crippen LogP contribution in [0.15, 0.2) is 51.9 Å². The molecule has 0 amide bonds. The summed E-state index contributed by atoms with van der Waals surface area (Å²) in [5.74, 6) is 0.595. The Hall–Kier alpha value is -3.04. The van der Waals surface area contributed by atoms with Crippen molar-refractivity contribution in [3.8, 4) is 0 Å². The first kappa shape index (κ1) is 27.0. The maximum atomic E-state index is 13.3. The Morgan fingerprint density at radius 3 is 2.14 bits per heavy atom. The molecule has 2 aromatic heterocycles. The zero-order chi connectivity index (χ0) is 27.4. The number of rotatable bonds is 6. The van der Waals surface area contributed by atoms with Crippen molar-refractivity contribution in [3.63, 3.8) is 0 Å². The van der Waals surface area contributed by atoms with Gasteiger partial charge in [-0.3, -0.25) is 0 Å². The number of para-hydroxylation sites is 1. The monoisotopic (exact) mass is 573 g/mol. The Balaban J connectivity index is 1.74. The Morgan fingerprint density at radius 1 is 1.00 bits per heavy atom. The fourth-order valence-electron chi connectivity index (χ4n) is 3.60. The number of sulfone groups is 2. The average molecular weight is 574 g/mol. The van der Waals surface area contributed by atoms with Crippen molar-refractivity contribution in [2.24, 2.45) is 5.41 Å². The zero-order valence-corrected chi connectivity index (χ0v) is 22.5. The molecule has 1 atom stereocenters. The Kier molecular flexibility index (Phi) is 6.61. The number of nitrogens with zero attached hydrogens (tertiary/aromatic N) is 3. The van der Waals surface area contributed by atoms with Gasteiger partial charge in [-0.25, -0.2) is 31.8 Å². The van der Waals surface area contributed by atoms with Crippen molar-refractivity contribution < 1.29 is 30.0 Å². The van der Waals surface area contributed by atoms with Crippen molar-refractivity contribution in [3.05, 3.63) is 47.9 Å². The number of aromatic nitrogens is 3. The van der Waals surface area contributed by atoms with Gasteiger partial charge >= 0.3 is 6.18 Å². The summed E-state index contributed by atoms with van der Waals surface area (Å²) in [6.07, 6.45) is 1.10. The van der Waals surface area contributed by atoms with E-state index in [-0.39, 0.29) is 38.4 Å². The molecule has 0 fully saturated rings. The van der Waals surface area contributed by atoms with Crippen LogP contribution in [0.1, 0.15) is 19.2 Å². The van der Waals surface area contributed by atoms with E-state index in [2.05, 4.69) is 25.6 Å². The van der Waals surface area contributed by atoms with Crippen molar-refractivity contribution in [2.45, 2.75) is 36.2 Å². The second-order valence-electron chi connectivity index (χ2n) is 8.83. The highest BCUT2D eigenvalue weighted by Crippen LogP contribution is 2.44. The Labute approximate surface area is 215 Å². The number of fused-ring (bicyclic) bond motifs is 1. The molecule has 1 aliphatic carbocycles. The number of nitrogens with one attached hydrogen (secondary N) is 2. The molecule has 1 aliphatic rings. The maximum Gasteiger partial charge on any atom is 0.397 e. The van der Waals surface area contributed by atoms with Crippen LogP contribution in [0.5, 0.6) is 0 Å². The highest BCUT2D eigenvalue weighted by Gasteiger charge is 2.49. The fourth-order valence-corrected chi connectivity index (χ4v) is 6.27. The van der Waals surface area contributed by atoms with Crippen molar-refractivity contribution in [2.75, 3.05) is 23.1 Å². The van der Waals surface area contributed by atoms with Gasteiger partial charge in [0, 0.05) is 18.2 Å². The lowest BCUT2D eigenvalue weighted by Gasteiger charge is -2.30. The third-order valence-electron chi connectivity index (χ3n) is 5.68. The van der Waals surface area contributed by atoms with Gasteiger partial charge in [-0.2, -0.15) is 13.2 Å². The van der Waals surface area contributed by atoms with Gasteiger partial charge < -0.3 is 10.6 Å². The van der Waals surface area contributed by atoms with Crippen molar-refractivity contribution in [1.29, 1.82) is 0 Å². The van der Waals surface area contributed by atoms with E-state index >= 15 is 0 Å². The smallest absolute Gasteiger partial charge is 0.339 e. The molecular weight excluding hydrogens is 551 g/mol. The summed E-state index contributed by atoms with van der Waals surface area (Å²) in [7, 11) is -7.61. The second-order valence-corrected chi connectivity index (χ2v) is 13.8. The van der Waals surface area contributed by atoms with E-state index in [1.165, 1.54) is 30.4 Å². The second kappa shape index (κ2) is 9.06. The van der Waals surface area contributed by atoms with Gasteiger partial charge in [0.05, 0.1) is 20.9 Å². The summed E-state index contributed by atoms with van der Waals surface area (Å²) in [4.78, 5) is 13.0. The number of thiazole rings is 1. The van der Waals surface area contributed by atoms with Gasteiger partial charge in [-0.15, -0.1) is 0 Å². The molecule has 4 rings (SSSR count). The molecule has 0 spiro atoms. The molecule has 15 heteroatoms. The summed E-state index contributed by atoms with van der Waals surface area (Å²) in [6.45, 7) is 2.74. The lowest BCUT2D eigenvalue weighted by molar-refractivity contribution is -0.199. The van der Waals surface area contributed by atoms with Crippen molar-refractivity contribution in [1.82, 2.24) is 15.0 Å². The third kappa shape index (κ3) is 5.48. The molecule has 0 saturated carbocycles. The number of aryl methyl sites for hydroxylation is 1. The minimum Gasteiger partial charge on any atom is -0.339 e. The molecule has 3 aromatic rings. The topological polar surface area (TPSA) is 131 Å². The van der Waals surface area contributed by atoms with Crippen LogP contribution in [0.3, 0.4) is 0 Å². The molecule has 0 radical (unpaired) electrons. The van der Waals surface area contributed by atoms with Gasteiger partial charge in [-0.05, 0) is 38.5 Å². The van der Waals surface area contributed by atoms with Crippen LogP contribution in [0.4, 0.5) is 29.8 Å². The minimum absolute atomic E-state index is 0.143. The summed E-state index contributed by atoms with van der Waals surface area (Å²) < 4.78 is 89.4. The third-order valence-corrected chi connectivity index (χ3v) is 8.82. The first-order valence-corrected chi connectivity index (χ1v) is 15.3. The van der Waals surface area contributed by atoms with Gasteiger partial charge in [0.2, 0.25) is 0 Å². The average Bonchev–Trinajstić information content (AvgIpc) is 3.15. The van der Waals surface area contributed by atoms with Crippen LogP contribution >= 0.6 is 11.3 Å². The van der Waals surface area contributed by atoms with E-state index in [4.69, 9.17) is 0 Å². The van der Waals surface area contributed by atoms with E-state index < -0.39 is 31.3 Å². The van der Waals surface area contributed by atoms with Crippen LogP contribution in [-0.4, -0.2) is 50.5 Å². The number of halogens is 3. The van der Waals surface area contributed by atoms with E-state index in [1.54, 1.807) is 6.92 Å². The predicted molar refractivity (Wildman–Crippen MR) is 136 cm³/mol. The Bertz CT molecular complexity index is 1630. The number of benzene rings is 1. The molecule has 198 valence electrons. The van der Waals surface area contributed by atoms with Crippen LogP contribution in [0.25, 0.3) is 10.3 Å². The van der Waals surface area contributed by atoms with Crippen LogP contribution < -0.4 is 10.6 Å². The van der Waals surface area contributed by atoms with Crippen LogP contribution in [0, 0.1) is 12.3 Å². The summed E-state index contributed by atoms with van der Waals surface area (Å²) >= 11 is 1.04. The molecular formula is C22H22F3N5O4S3. The number of hydrogen-bond acceptors (Lipinski definition) is 10. The van der Waals surface area contributed by atoms with E-state index in [1.807, 2.05) is 0 Å². The van der Waals surface area contributed by atoms with Gasteiger partial charge in [0.15, 0.2) is 35.5 Å². The quantitative estimate of drug-likeness (QED) is 0.428. The molecule has 1 unspecified atom stereocenters. The van der Waals surface area contributed by atoms with Crippen LogP contribution in [0.2, 0.25) is 0 Å². The highest BCUT2D eigenvalue weighted by molar-refractivity contribution is 7.91. The SMILES string of the molecule is Cc1nc(NC2=CCC(C)(C(F)(F)F)C=C2)c2nc(Nc3c(S(C)(=O)=O)cccc3S(C)(=O)=O)sc2n1. The first-order chi connectivity index (χ1) is 17.0. The molecule has 2 N–H and O–H groups in total. The fraction of sp³-hybridized carbons (Fsp3) is 0.318. The molecule has 9 nitrogen and oxygen atoms in total. The minimum atomic E-state index is -4.40. The first-order valence-electron chi connectivity index (χ1n) is 10.7. The molecule has 1 aromatic carbocycles. The van der Waals surface area contributed by atoms with Crippen molar-refractivity contribution >= 4 is 58.0 Å². The van der Waals surface area contributed by atoms with Crippen LogP contribution in [-0.2, 0) is 19.7 Å². The van der Waals surface area contributed by atoms with Gasteiger partial charge in [0.25, 0.3) is 0 Å². The highest BCUT2D eigenvalue weighted by atomic mass is 32.2. The number of hydrogen-bond donors (Lipinski definition) is 2. The molecule has 0 bridgehead atoms. The Morgan fingerprint density at radius 2 is 1.62 bits per heavy atom. The normalized spacial score (nSPS) is 18.6. The van der Waals surface area contributed by atoms with E-state index in [0.29, 0.717) is 16.4 Å². The molecule has 37 heavy (non-hydrogen) atoms. The molecule has 0 saturated heterocycles. The lowest BCUT2D eigenvalue weighted by Crippen LogP contribution is -2.34. The van der Waals surface area contributed by atoms with E-state index in [9.17, 15) is 30.0 Å². The summed E-state index contributed by atoms with van der Waals surface area (Å²) in [5.41, 5.74) is -1.45. The number of alkyl halides is 3. The molecule has 0 aliphatic heterocycles. The maximum absolute atomic E-state index is 13.3. The number of allylic oxidation sites excluding steroid dienone is 3. The van der Waals surface area contributed by atoms with E-state index in [0.717, 1.165) is 36.8 Å². The predicted octanol–water partition coefficient (Wildman–Crippen LogP) is 4.77. The lowest BCUT2D eigenvalue weighted by atomic mass is 9.82. The van der Waals surface area contributed by atoms with Gasteiger partial charge in [0.1, 0.15) is 11.3 Å². The summed E-state index contributed by atoms with van der Waals surface area (Å²) in [6, 6.07) is 3.91.